The molecule has 0 N–H and O–H groups in total. The predicted octanol–water partition coefficient (Wildman–Crippen LogP) is 13.9. The molecular weight excluding hydrogens is 657 g/mol. The van der Waals surface area contributed by atoms with Gasteiger partial charge in [0.05, 0.1) is 11.0 Å². The van der Waals surface area contributed by atoms with Gasteiger partial charge in [-0.1, -0.05) is 133 Å². The van der Waals surface area contributed by atoms with Gasteiger partial charge in [-0.25, -0.2) is 4.98 Å². The van der Waals surface area contributed by atoms with Gasteiger partial charge >= 0.3 is 0 Å². The highest BCUT2D eigenvalue weighted by molar-refractivity contribution is 6.13. The van der Waals surface area contributed by atoms with Gasteiger partial charge in [0.1, 0.15) is 5.52 Å². The molecule has 0 saturated heterocycles. The fraction of sp³-hybridized carbons (Fsp3) is 0. The van der Waals surface area contributed by atoms with Crippen molar-refractivity contribution in [2.75, 3.05) is 0 Å². The fourth-order valence-electron chi connectivity index (χ4n) is 8.19. The van der Waals surface area contributed by atoms with Gasteiger partial charge in [-0.15, -0.1) is 0 Å². The molecule has 2 heterocycles. The Kier molecular flexibility index (Phi) is 6.86. The standard InChI is InChI=1S/C51H32N2O/c1-3-13-41-35(9-1)11-7-15-43(41)38-25-29-48-45(31-38)46-32-39(44-16-8-12-36-10-2-4-14-42(36)44)26-30-49(46)53(48)40-27-23-34(24-28-40)33-19-21-37(22-20-33)51-52-47-17-5-6-18-50(47)54-51/h1-32H. The number of nitrogens with zero attached hydrogens (tertiary/aromatic N) is 2. The second-order valence-electron chi connectivity index (χ2n) is 14.0. The van der Waals surface area contributed by atoms with Crippen LogP contribution in [0.5, 0.6) is 0 Å². The van der Waals surface area contributed by atoms with Crippen molar-refractivity contribution in [1.29, 1.82) is 0 Å². The zero-order valence-electron chi connectivity index (χ0n) is 29.3. The largest absolute Gasteiger partial charge is 0.436 e. The van der Waals surface area contributed by atoms with E-state index in [0.717, 1.165) is 33.5 Å². The van der Waals surface area contributed by atoms with Gasteiger partial charge in [0, 0.05) is 22.0 Å². The van der Waals surface area contributed by atoms with Gasteiger partial charge in [0.15, 0.2) is 5.58 Å². The number of fused-ring (bicyclic) bond motifs is 6. The molecule has 54 heavy (non-hydrogen) atoms. The van der Waals surface area contributed by atoms with Crippen molar-refractivity contribution in [3.05, 3.63) is 194 Å². The predicted molar refractivity (Wildman–Crippen MR) is 225 cm³/mol. The number of rotatable bonds is 5. The monoisotopic (exact) mass is 688 g/mol. The number of hydrogen-bond donors (Lipinski definition) is 0. The van der Waals surface area contributed by atoms with Gasteiger partial charge in [0.25, 0.3) is 0 Å². The van der Waals surface area contributed by atoms with Crippen molar-refractivity contribution in [3.63, 3.8) is 0 Å². The molecular formula is C51H32N2O. The maximum atomic E-state index is 6.02. The SMILES string of the molecule is c1ccc2c(-c3ccc4c(c3)c3cc(-c5cccc6ccccc56)ccc3n4-c3ccc(-c4ccc(-c5nc6ccccc6o5)cc4)cc3)cccc2c1. The Labute approximate surface area is 312 Å². The van der Waals surface area contributed by atoms with Crippen molar-refractivity contribution in [2.45, 2.75) is 0 Å². The van der Waals surface area contributed by atoms with Crippen LogP contribution in [0.1, 0.15) is 0 Å². The molecule has 0 fully saturated rings. The summed E-state index contributed by atoms with van der Waals surface area (Å²) in [5.41, 5.74) is 13.3. The first-order chi connectivity index (χ1) is 26.7. The molecule has 0 bridgehead atoms. The van der Waals surface area contributed by atoms with E-state index in [1.54, 1.807) is 0 Å². The molecule has 0 aliphatic rings. The molecule has 9 aromatic carbocycles. The first-order valence-electron chi connectivity index (χ1n) is 18.4. The summed E-state index contributed by atoms with van der Waals surface area (Å²) in [7, 11) is 0. The van der Waals surface area contributed by atoms with E-state index in [1.807, 2.05) is 24.3 Å². The molecule has 2 aromatic heterocycles. The van der Waals surface area contributed by atoms with E-state index in [2.05, 4.69) is 179 Å². The molecule has 0 aliphatic heterocycles. The zero-order valence-corrected chi connectivity index (χ0v) is 29.3. The Morgan fingerprint density at radius 1 is 0.370 bits per heavy atom. The van der Waals surface area contributed by atoms with Crippen LogP contribution in [-0.2, 0) is 0 Å². The average Bonchev–Trinajstić information content (AvgIpc) is 3.82. The molecule has 11 rings (SSSR count). The summed E-state index contributed by atoms with van der Waals surface area (Å²) >= 11 is 0. The van der Waals surface area contributed by atoms with Crippen molar-refractivity contribution in [3.8, 4) is 50.5 Å². The zero-order chi connectivity index (χ0) is 35.6. The van der Waals surface area contributed by atoms with Gasteiger partial charge in [-0.2, -0.15) is 0 Å². The highest BCUT2D eigenvalue weighted by atomic mass is 16.3. The van der Waals surface area contributed by atoms with Crippen LogP contribution in [0.25, 0.3) is 105 Å². The number of oxazole rings is 1. The third-order valence-corrected chi connectivity index (χ3v) is 10.9. The number of benzene rings is 9. The van der Waals surface area contributed by atoms with E-state index in [9.17, 15) is 0 Å². The molecule has 0 amide bonds. The molecule has 3 heteroatoms. The molecule has 0 saturated carbocycles. The van der Waals surface area contributed by atoms with Crippen LogP contribution in [-0.4, -0.2) is 9.55 Å². The summed E-state index contributed by atoms with van der Waals surface area (Å²) < 4.78 is 8.42. The van der Waals surface area contributed by atoms with Crippen molar-refractivity contribution in [1.82, 2.24) is 9.55 Å². The molecule has 0 unspecified atom stereocenters. The molecule has 0 atom stereocenters. The minimum atomic E-state index is 0.636. The van der Waals surface area contributed by atoms with Crippen molar-refractivity contribution < 1.29 is 4.42 Å². The average molecular weight is 689 g/mol. The molecule has 0 radical (unpaired) electrons. The summed E-state index contributed by atoms with van der Waals surface area (Å²) in [4.78, 5) is 4.68. The Morgan fingerprint density at radius 2 is 0.852 bits per heavy atom. The lowest BCUT2D eigenvalue weighted by Gasteiger charge is -2.11. The van der Waals surface area contributed by atoms with Crippen LogP contribution in [0, 0.1) is 0 Å². The Hall–Kier alpha value is -7.23. The van der Waals surface area contributed by atoms with Crippen LogP contribution in [0.3, 0.4) is 0 Å². The van der Waals surface area contributed by atoms with E-state index in [4.69, 9.17) is 4.42 Å². The minimum absolute atomic E-state index is 0.636. The van der Waals surface area contributed by atoms with Crippen molar-refractivity contribution in [2.24, 2.45) is 0 Å². The van der Waals surface area contributed by atoms with E-state index in [1.165, 1.54) is 65.6 Å². The van der Waals surface area contributed by atoms with Crippen molar-refractivity contribution >= 4 is 54.5 Å². The minimum Gasteiger partial charge on any atom is -0.436 e. The summed E-state index contributed by atoms with van der Waals surface area (Å²) in [6, 6.07) is 69.6. The molecule has 0 aliphatic carbocycles. The van der Waals surface area contributed by atoms with Gasteiger partial charge in [-0.05, 0) is 116 Å². The van der Waals surface area contributed by atoms with Crippen LogP contribution in [0.15, 0.2) is 199 Å². The highest BCUT2D eigenvalue weighted by Gasteiger charge is 2.17. The first-order valence-corrected chi connectivity index (χ1v) is 18.4. The molecule has 0 spiro atoms. The first kappa shape index (κ1) is 30.4. The summed E-state index contributed by atoms with van der Waals surface area (Å²) in [5.74, 6) is 0.636. The molecule has 11 aromatic rings. The highest BCUT2D eigenvalue weighted by Crippen LogP contribution is 2.40. The normalized spacial score (nSPS) is 11.7. The molecule has 3 nitrogen and oxygen atoms in total. The third-order valence-electron chi connectivity index (χ3n) is 10.9. The van der Waals surface area contributed by atoms with E-state index in [0.29, 0.717) is 5.89 Å². The van der Waals surface area contributed by atoms with Crippen LogP contribution in [0.4, 0.5) is 0 Å². The third kappa shape index (κ3) is 4.94. The topological polar surface area (TPSA) is 31.0 Å². The lowest BCUT2D eigenvalue weighted by Crippen LogP contribution is -1.94. The lowest BCUT2D eigenvalue weighted by atomic mass is 9.95. The quantitative estimate of drug-likeness (QED) is 0.180. The van der Waals surface area contributed by atoms with E-state index in [-0.39, 0.29) is 0 Å². The Morgan fingerprint density at radius 3 is 1.44 bits per heavy atom. The van der Waals surface area contributed by atoms with Crippen LogP contribution >= 0.6 is 0 Å². The summed E-state index contributed by atoms with van der Waals surface area (Å²) in [5, 5.41) is 7.48. The maximum absolute atomic E-state index is 6.02. The maximum Gasteiger partial charge on any atom is 0.227 e. The fourth-order valence-corrected chi connectivity index (χ4v) is 8.19. The number of hydrogen-bond acceptors (Lipinski definition) is 2. The second kappa shape index (κ2) is 12.2. The number of para-hydroxylation sites is 2. The smallest absolute Gasteiger partial charge is 0.227 e. The van der Waals surface area contributed by atoms with Gasteiger partial charge in [0.2, 0.25) is 5.89 Å². The summed E-state index contributed by atoms with van der Waals surface area (Å²) in [6.45, 7) is 0. The Bertz CT molecular complexity index is 3020. The van der Waals surface area contributed by atoms with E-state index < -0.39 is 0 Å². The number of aromatic nitrogens is 2. The van der Waals surface area contributed by atoms with E-state index >= 15 is 0 Å². The van der Waals surface area contributed by atoms with Crippen LogP contribution in [0.2, 0.25) is 0 Å². The van der Waals surface area contributed by atoms with Gasteiger partial charge in [-0.3, -0.25) is 0 Å². The van der Waals surface area contributed by atoms with Gasteiger partial charge < -0.3 is 8.98 Å². The Balaban J connectivity index is 1.04. The molecule has 252 valence electrons. The summed E-state index contributed by atoms with van der Waals surface area (Å²) in [6.07, 6.45) is 0. The van der Waals surface area contributed by atoms with Crippen LogP contribution < -0.4 is 0 Å². The second-order valence-corrected chi connectivity index (χ2v) is 14.0. The lowest BCUT2D eigenvalue weighted by molar-refractivity contribution is 0.620.